The van der Waals surface area contributed by atoms with E-state index in [9.17, 15) is 9.90 Å². The summed E-state index contributed by atoms with van der Waals surface area (Å²) < 4.78 is 12.9. The van der Waals surface area contributed by atoms with E-state index >= 15 is 0 Å². The molecule has 36 heavy (non-hydrogen) atoms. The van der Waals surface area contributed by atoms with Crippen LogP contribution in [0.4, 0.5) is 0 Å². The quantitative estimate of drug-likeness (QED) is 0.393. The zero-order valence-electron chi connectivity index (χ0n) is 20.6. The number of aliphatic hydroxyl groups is 1. The summed E-state index contributed by atoms with van der Waals surface area (Å²) in [5.41, 5.74) is 3.50. The highest BCUT2D eigenvalue weighted by molar-refractivity contribution is 9.11. The van der Waals surface area contributed by atoms with E-state index in [-0.39, 0.29) is 24.5 Å². The molecular formula is C29H36BrNO5. The molecule has 7 heteroatoms. The van der Waals surface area contributed by atoms with Crippen molar-refractivity contribution in [1.82, 2.24) is 4.90 Å². The summed E-state index contributed by atoms with van der Waals surface area (Å²) in [5.74, 6) is -0.602. The van der Waals surface area contributed by atoms with E-state index in [4.69, 9.17) is 14.6 Å². The van der Waals surface area contributed by atoms with Gasteiger partial charge < -0.3 is 19.7 Å². The molecule has 1 saturated carbocycles. The summed E-state index contributed by atoms with van der Waals surface area (Å²) >= 11 is 3.51. The zero-order chi connectivity index (χ0) is 25.3. The molecule has 2 aromatic carbocycles. The SMILES string of the molecule is O=C(O)CCC(Br)=CCC[C@@H]1[C@@H](N2CCOCC2)[C@H](O)C[C@@H]1OCc1ccc(-c2ccccc2)cc1. The van der Waals surface area contributed by atoms with Gasteiger partial charge in [-0.3, -0.25) is 9.69 Å². The van der Waals surface area contributed by atoms with E-state index in [2.05, 4.69) is 63.3 Å². The summed E-state index contributed by atoms with van der Waals surface area (Å²) in [5, 5.41) is 20.0. The van der Waals surface area contributed by atoms with Gasteiger partial charge in [0.25, 0.3) is 0 Å². The Labute approximate surface area is 222 Å². The number of halogens is 1. The second-order valence-corrected chi connectivity index (χ2v) is 10.7. The maximum atomic E-state index is 11.0. The topological polar surface area (TPSA) is 79.2 Å². The lowest BCUT2D eigenvalue weighted by Crippen LogP contribution is -2.50. The molecule has 4 atom stereocenters. The van der Waals surface area contributed by atoms with Crippen molar-refractivity contribution in [3.05, 3.63) is 70.7 Å². The molecule has 1 heterocycles. The second-order valence-electron chi connectivity index (χ2n) is 9.64. The molecule has 0 bridgehead atoms. The Bertz CT molecular complexity index is 990. The number of nitrogens with zero attached hydrogens (tertiary/aromatic N) is 1. The number of hydrogen-bond donors (Lipinski definition) is 2. The van der Waals surface area contributed by atoms with E-state index in [1.807, 2.05) is 18.2 Å². The summed E-state index contributed by atoms with van der Waals surface area (Å²) in [6.07, 6.45) is 4.52. The Hall–Kier alpha value is -2.03. The molecule has 0 unspecified atom stereocenters. The van der Waals surface area contributed by atoms with Gasteiger partial charge in [0.15, 0.2) is 0 Å². The van der Waals surface area contributed by atoms with Gasteiger partial charge in [-0.2, -0.15) is 0 Å². The summed E-state index contributed by atoms with van der Waals surface area (Å²) in [7, 11) is 0. The molecule has 1 saturated heterocycles. The number of carbonyl (C=O) groups is 1. The maximum absolute atomic E-state index is 11.0. The fourth-order valence-electron chi connectivity index (χ4n) is 5.38. The van der Waals surface area contributed by atoms with E-state index in [1.54, 1.807) is 0 Å². The third-order valence-electron chi connectivity index (χ3n) is 7.22. The molecule has 2 N–H and O–H groups in total. The van der Waals surface area contributed by atoms with Gasteiger partial charge in [0, 0.05) is 37.9 Å². The van der Waals surface area contributed by atoms with Crippen LogP contribution in [0.1, 0.15) is 37.7 Å². The first-order chi connectivity index (χ1) is 17.5. The van der Waals surface area contributed by atoms with Gasteiger partial charge in [0.1, 0.15) is 0 Å². The van der Waals surface area contributed by atoms with Crippen molar-refractivity contribution in [3.63, 3.8) is 0 Å². The average molecular weight is 559 g/mol. The molecule has 1 aliphatic carbocycles. The monoisotopic (exact) mass is 557 g/mol. The number of hydrogen-bond acceptors (Lipinski definition) is 5. The van der Waals surface area contributed by atoms with Crippen LogP contribution in [-0.2, 0) is 20.9 Å². The van der Waals surface area contributed by atoms with Crippen LogP contribution >= 0.6 is 15.9 Å². The Balaban J connectivity index is 1.40. The van der Waals surface area contributed by atoms with Crippen LogP contribution in [-0.4, -0.2) is 65.6 Å². The lowest BCUT2D eigenvalue weighted by Gasteiger charge is -2.38. The summed E-state index contributed by atoms with van der Waals surface area (Å²) in [6.45, 7) is 3.54. The van der Waals surface area contributed by atoms with E-state index in [0.717, 1.165) is 36.0 Å². The number of aliphatic carboxylic acids is 1. The Morgan fingerprint density at radius 3 is 2.44 bits per heavy atom. The number of benzene rings is 2. The minimum absolute atomic E-state index is 0.0344. The smallest absolute Gasteiger partial charge is 0.303 e. The fraction of sp³-hybridized carbons (Fsp3) is 0.483. The zero-order valence-corrected chi connectivity index (χ0v) is 22.2. The fourth-order valence-corrected chi connectivity index (χ4v) is 5.81. The third-order valence-corrected chi connectivity index (χ3v) is 7.94. The van der Waals surface area contributed by atoms with E-state index < -0.39 is 12.1 Å². The van der Waals surface area contributed by atoms with Crippen LogP contribution in [0.25, 0.3) is 11.1 Å². The molecule has 194 valence electrons. The second kappa shape index (κ2) is 13.5. The molecule has 6 nitrogen and oxygen atoms in total. The molecule has 0 amide bonds. The number of carboxylic acids is 1. The van der Waals surface area contributed by atoms with Crippen molar-refractivity contribution in [1.29, 1.82) is 0 Å². The molecule has 1 aliphatic heterocycles. The molecule has 2 fully saturated rings. The van der Waals surface area contributed by atoms with Crippen molar-refractivity contribution in [2.24, 2.45) is 5.92 Å². The number of morpholine rings is 1. The number of ether oxygens (including phenoxy) is 2. The van der Waals surface area contributed by atoms with Crippen molar-refractivity contribution in [2.75, 3.05) is 26.3 Å². The lowest BCUT2D eigenvalue weighted by atomic mass is 9.93. The van der Waals surface area contributed by atoms with Crippen molar-refractivity contribution >= 4 is 21.9 Å². The first-order valence-electron chi connectivity index (χ1n) is 12.8. The van der Waals surface area contributed by atoms with Crippen LogP contribution in [0, 0.1) is 5.92 Å². The van der Waals surface area contributed by atoms with Crippen LogP contribution in [0.3, 0.4) is 0 Å². The molecule has 2 aromatic rings. The highest BCUT2D eigenvalue weighted by Crippen LogP contribution is 2.37. The standard InChI is InChI=1S/C29H36BrNO5/c30-24(13-14-28(33)34)7-4-8-25-27(19-26(32)29(25)31-15-17-35-18-16-31)36-20-21-9-11-23(12-10-21)22-5-2-1-3-6-22/h1-3,5-7,9-12,25-27,29,32H,4,8,13-20H2,(H,33,34)/t25-,26+,27-,29+/m0/s1. The predicted molar refractivity (Wildman–Crippen MR) is 144 cm³/mol. The Kier molecular flexibility index (Phi) is 10.1. The summed E-state index contributed by atoms with van der Waals surface area (Å²) in [4.78, 5) is 13.2. The van der Waals surface area contributed by atoms with Crippen LogP contribution < -0.4 is 0 Å². The molecule has 0 aromatic heterocycles. The van der Waals surface area contributed by atoms with E-state index in [0.29, 0.717) is 32.7 Å². The number of rotatable bonds is 11. The van der Waals surface area contributed by atoms with Crippen LogP contribution in [0.5, 0.6) is 0 Å². The van der Waals surface area contributed by atoms with Gasteiger partial charge in [-0.1, -0.05) is 76.6 Å². The van der Waals surface area contributed by atoms with Gasteiger partial charge in [-0.15, -0.1) is 0 Å². The normalized spacial score (nSPS) is 25.2. The predicted octanol–water partition coefficient (Wildman–Crippen LogP) is 5.24. The Morgan fingerprint density at radius 1 is 1.06 bits per heavy atom. The minimum Gasteiger partial charge on any atom is -0.481 e. The number of carboxylic acid groups (broad SMARTS) is 1. The lowest BCUT2D eigenvalue weighted by molar-refractivity contribution is -0.136. The summed E-state index contributed by atoms with van der Waals surface area (Å²) in [6, 6.07) is 18.9. The number of allylic oxidation sites excluding steroid dienone is 2. The molecule has 4 rings (SSSR count). The van der Waals surface area contributed by atoms with Gasteiger partial charge in [-0.25, -0.2) is 0 Å². The van der Waals surface area contributed by atoms with Gasteiger partial charge in [0.2, 0.25) is 0 Å². The van der Waals surface area contributed by atoms with Crippen molar-refractivity contribution in [2.45, 2.75) is 57.0 Å². The Morgan fingerprint density at radius 2 is 1.75 bits per heavy atom. The largest absolute Gasteiger partial charge is 0.481 e. The number of aliphatic hydroxyl groups excluding tert-OH is 1. The first-order valence-corrected chi connectivity index (χ1v) is 13.6. The minimum atomic E-state index is -0.795. The van der Waals surface area contributed by atoms with Gasteiger partial charge in [0.05, 0.1) is 32.0 Å². The van der Waals surface area contributed by atoms with Crippen LogP contribution in [0.15, 0.2) is 65.2 Å². The van der Waals surface area contributed by atoms with Crippen molar-refractivity contribution < 1.29 is 24.5 Å². The van der Waals surface area contributed by atoms with E-state index in [1.165, 1.54) is 11.1 Å². The van der Waals surface area contributed by atoms with Crippen LogP contribution in [0.2, 0.25) is 0 Å². The van der Waals surface area contributed by atoms with Crippen molar-refractivity contribution in [3.8, 4) is 11.1 Å². The highest BCUT2D eigenvalue weighted by Gasteiger charge is 2.45. The average Bonchev–Trinajstić information content (AvgIpc) is 3.22. The molecule has 2 aliphatic rings. The highest BCUT2D eigenvalue weighted by atomic mass is 79.9. The maximum Gasteiger partial charge on any atom is 0.303 e. The van der Waals surface area contributed by atoms with Gasteiger partial charge >= 0.3 is 5.97 Å². The third kappa shape index (κ3) is 7.49. The molecule has 0 radical (unpaired) electrons. The van der Waals surface area contributed by atoms with Gasteiger partial charge in [-0.05, 0) is 40.4 Å². The first kappa shape index (κ1) is 27.0. The molecular weight excluding hydrogens is 522 g/mol. The molecule has 0 spiro atoms.